The van der Waals surface area contributed by atoms with Crippen LogP contribution in [0.4, 0.5) is 34.1 Å². The molecule has 14 heteroatoms. The van der Waals surface area contributed by atoms with Gasteiger partial charge in [-0.3, -0.25) is 28.8 Å². The van der Waals surface area contributed by atoms with Gasteiger partial charge >= 0.3 is 0 Å². The first-order valence-corrected chi connectivity index (χ1v) is 39.5. The number of anilines is 6. The molecule has 134 heavy (non-hydrogen) atoms. The maximum Gasteiger partial charge on any atom is 0.251 e. The van der Waals surface area contributed by atoms with Crippen molar-refractivity contribution in [1.29, 1.82) is 0 Å². The number of fused-ring (bicyclic) bond motifs is 16. The molecule has 0 aliphatic carbocycles. The Balaban J connectivity index is 0.000000172. The molecule has 2 aliphatic rings. The summed E-state index contributed by atoms with van der Waals surface area (Å²) < 4.78 is 726. The van der Waals surface area contributed by atoms with E-state index in [1.54, 1.807) is 0 Å². The van der Waals surface area contributed by atoms with Crippen molar-refractivity contribution in [2.75, 3.05) is 9.80 Å². The van der Waals surface area contributed by atoms with Crippen LogP contribution >= 0.6 is 0 Å². The molecule has 0 N–H and O–H groups in total. The van der Waals surface area contributed by atoms with Crippen molar-refractivity contribution >= 4 is 195 Å². The van der Waals surface area contributed by atoms with Crippen LogP contribution < -0.4 is 79.9 Å². The minimum absolute atomic E-state index is 0.411. The molecule has 0 bridgehead atoms. The first-order chi connectivity index (χ1) is 98.1. The van der Waals surface area contributed by atoms with Gasteiger partial charge in [0.2, 0.25) is 6.71 Å². The molecule has 8 heterocycles. The molecule has 0 saturated carbocycles. The Labute approximate surface area is 889 Å². The second kappa shape index (κ2) is 32.8. The molecule has 12 nitrogen and oxygen atoms in total. The third-order valence-electron chi connectivity index (χ3n) is 22.7. The highest BCUT2D eigenvalue weighted by Crippen LogP contribution is 2.44. The number of para-hydroxylation sites is 12. The Morgan fingerprint density at radius 2 is 0.634 bits per heavy atom. The van der Waals surface area contributed by atoms with Crippen LogP contribution in [0, 0.1) is 0 Å². The van der Waals surface area contributed by atoms with Gasteiger partial charge in [0.05, 0.1) is 125 Å². The van der Waals surface area contributed by atoms with E-state index >= 15 is 9.59 Å². The van der Waals surface area contributed by atoms with Gasteiger partial charge in [-0.2, -0.15) is 0 Å². The molecule has 0 amide bonds. The lowest BCUT2D eigenvalue weighted by Crippen LogP contribution is -2.59. The van der Waals surface area contributed by atoms with Gasteiger partial charge in [-0.1, -0.05) is 275 Å². The molecule has 4 unspecified atom stereocenters. The van der Waals surface area contributed by atoms with Gasteiger partial charge in [-0.15, -0.1) is 0 Å². The van der Waals surface area contributed by atoms with E-state index in [-0.39, 0.29) is 0 Å². The van der Waals surface area contributed by atoms with Gasteiger partial charge in [0.25, 0.3) is 6.71 Å². The fraction of sp³-hybridized carbons (Fsp3) is 0.150. The van der Waals surface area contributed by atoms with E-state index < -0.39 is 670 Å². The number of hydrogen-bond acceptors (Lipinski definition) is 9. The number of nitrogens with zero attached hydrogens (tertiary/aromatic N) is 5. The first kappa shape index (κ1) is 33.6. The summed E-state index contributed by atoms with van der Waals surface area (Å²) in [6.07, 6.45) is 0. The molecule has 6 aromatic heterocycles. The van der Waals surface area contributed by atoms with E-state index in [1.165, 1.54) is 0 Å². The standard InChI is InChI=1S/C47H41BN2O2.C41H36BNO3.C32H20N2O2/c1-27(2)30-23-35(28(3)4)44(36(24-30)29(5)6)48-38-20-11-13-22-41(38)49(31-15-8-7-9-16-31)43-26-42-37(25-39(43)48)47(52)34-19-14-18-33-45(34)50(42)40-21-12-10-17-32(40)46(33)51;1-22(2)25-18-29(23(3)4)38(30(19-25)24(5)6)42-32-15-8-10-17-36(32)46-37-21-35-31(20-33(37)42)41(45)28-14-11-13-27-39(28)43(35)34-16-9-7-12-26(34)40(27)44;35-31-23-15-7-8-19-27(23)34-29-24(31)16-9-17-25(29)32(36)26-18-10-20-28(30(26)34)33(21-11-3-1-4-12-21)22-13-5-2-6-14-22/h7-29H,1-6H3;7-24H,1-6H3;1-20H/i1D3,2D3,3D3,5D3,7D,8D,9D,10D,11D,12D,13D,14D,15D,16D,17D,18D,19D,20D,21D,22D,25D,26D,27D,28D,29D;1D3,2D3,3D3,5D3,7D,8D,9D,10D,11D,12D,13D,14D,15D,16D,17D,20D,21D,22D,23D,24D;1D,2D,3D,4D,5D,6D,7D,8D,9D,10D,11D,12D,13D,14D,15D,16D,17D,18D,19D,20D. The molecule has 0 radical (unpaired) electrons. The van der Waals surface area contributed by atoms with E-state index in [4.69, 9.17) is 93.8 Å². The molecule has 22 aromatic rings. The number of benzene rings is 16. The summed E-state index contributed by atoms with van der Waals surface area (Å²) in [6.45, 7) is -33.1. The molecule has 2 aliphatic heterocycles. The summed E-state index contributed by atoms with van der Waals surface area (Å²) in [5, 5.41) is -11.2. The zero-order chi connectivity index (χ0) is 162. The molecule has 24 rings (SSSR count). The van der Waals surface area contributed by atoms with Crippen LogP contribution in [0.3, 0.4) is 0 Å². The fourth-order valence-electron chi connectivity index (χ4n) is 17.2. The van der Waals surface area contributed by atoms with Crippen molar-refractivity contribution in [2.45, 2.75) is 118 Å². The van der Waals surface area contributed by atoms with Crippen LogP contribution in [0.5, 0.6) is 11.5 Å². The van der Waals surface area contributed by atoms with Crippen molar-refractivity contribution in [3.8, 4) is 11.5 Å². The van der Waals surface area contributed by atoms with Crippen LogP contribution in [0.2, 0.25) is 0 Å². The van der Waals surface area contributed by atoms with Crippen LogP contribution in [-0.2, 0) is 0 Å². The van der Waals surface area contributed by atoms with Crippen molar-refractivity contribution in [3.05, 3.63) is 427 Å². The number of rotatable bonds is 12. The normalized spacial score (nSPS) is 23.9. The molecule has 650 valence electrons. The third kappa shape index (κ3) is 13.2. The van der Waals surface area contributed by atoms with E-state index in [9.17, 15) is 41.1 Å². The van der Waals surface area contributed by atoms with Crippen LogP contribution in [0.1, 0.15) is 262 Å². The van der Waals surface area contributed by atoms with Gasteiger partial charge in [0.1, 0.15) is 11.5 Å². The Bertz CT molecular complexity index is 13500. The monoisotopic (exact) mass is 1820 g/mol. The van der Waals surface area contributed by atoms with Gasteiger partial charge in [-0.25, -0.2) is 0 Å². The topological polar surface area (TPSA) is 131 Å². The third-order valence-corrected chi connectivity index (χ3v) is 22.7. The highest BCUT2D eigenvalue weighted by atomic mass is 16.5. The van der Waals surface area contributed by atoms with Gasteiger partial charge < -0.3 is 27.7 Å². The summed E-state index contributed by atoms with van der Waals surface area (Å²) in [5.41, 5.74) is -35.4. The summed E-state index contributed by atoms with van der Waals surface area (Å²) in [6, 6.07) is -53.4. The summed E-state index contributed by atoms with van der Waals surface area (Å²) in [7, 11) is 0. The number of pyridine rings is 6. The molecule has 0 saturated heterocycles. The minimum atomic E-state index is -3.99. The predicted octanol–water partition coefficient (Wildman–Crippen LogP) is 23.8. The second-order valence-corrected chi connectivity index (χ2v) is 30.3. The quantitative estimate of drug-likeness (QED) is 0.0666. The Kier molecular flexibility index (Phi) is 8.23. The van der Waals surface area contributed by atoms with Crippen LogP contribution in [0.25, 0.3) is 114 Å². The Morgan fingerprint density at radius 3 is 1.10 bits per heavy atom. The summed E-state index contributed by atoms with van der Waals surface area (Å²) in [5.74, 6) is -23.0. The molecular formula is C120H97B2N5O7. The molecule has 16 aromatic carbocycles. The van der Waals surface area contributed by atoms with Crippen molar-refractivity contribution in [1.82, 2.24) is 13.2 Å². The fourth-order valence-corrected chi connectivity index (χ4v) is 17.2. The lowest BCUT2D eigenvalue weighted by atomic mass is 9.33. The number of hydrogen-bond donors (Lipinski definition) is 0. The minimum Gasteiger partial charge on any atom is -0.458 e. The average Bonchev–Trinajstić information content (AvgIpc) is 0.661. The Hall–Kier alpha value is -15.5. The molecule has 0 spiro atoms. The van der Waals surface area contributed by atoms with E-state index in [0.717, 1.165) is 0 Å². The van der Waals surface area contributed by atoms with Gasteiger partial charge in [0, 0.05) is 140 Å². The van der Waals surface area contributed by atoms with Crippen molar-refractivity contribution in [2.24, 2.45) is 0 Å². The van der Waals surface area contributed by atoms with E-state index in [1.807, 2.05) is 0 Å². The zero-order valence-electron chi connectivity index (χ0n) is 150. The highest BCUT2D eigenvalue weighted by molar-refractivity contribution is 6.99. The van der Waals surface area contributed by atoms with Crippen LogP contribution in [0.15, 0.2) is 361 Å². The molecule has 4 atom stereocenters. The van der Waals surface area contributed by atoms with Crippen molar-refractivity contribution < 1.29 is 116 Å². The largest absolute Gasteiger partial charge is 0.458 e. The lowest BCUT2D eigenvalue weighted by molar-refractivity contribution is 0.488. The summed E-state index contributed by atoms with van der Waals surface area (Å²) >= 11 is 0. The van der Waals surface area contributed by atoms with Gasteiger partial charge in [0.15, 0.2) is 32.6 Å². The maximum atomic E-state index is 15.8. The van der Waals surface area contributed by atoms with E-state index in [2.05, 4.69) is 0 Å². The molecule has 0 fully saturated rings. The van der Waals surface area contributed by atoms with Gasteiger partial charge in [-0.05, 0) is 236 Å². The molecular weight excluding hydrogens is 1640 g/mol. The van der Waals surface area contributed by atoms with Crippen molar-refractivity contribution in [3.63, 3.8) is 0 Å². The number of ether oxygens (including phenoxy) is 1. The Morgan fingerprint density at radius 1 is 0.291 bits per heavy atom. The van der Waals surface area contributed by atoms with E-state index in [0.29, 0.717) is 75.0 Å². The SMILES string of the molecule is [2H]c1c([2H])c([2H])c(N(c2c([2H])c([2H])c([2H])c([2H])c2[2H])c2c([2H])c([2H])c([2H])c3c(=O)c4c([2H])c([2H])c([2H])c5c(=O)c6c([2H])c([2H])c([2H])c([2H])c6n(c23)c54)c([2H])c1[2H].[2H]c1c([2H])c([2H])c(N2c3c([2H])c([2H])c([2H])c([2H])c3B(c3c(C([2H])(C)C([2H])([2H])[2H])cc(C([2H])(C([2H])([2H])[2H])C([2H])([2H])[2H])cc3C([2H])(C)C([2H])([2H])[2H])c3c2c([2H])c2c(c3[2H])c(=O)c3c([2H])c([2H])c([2H])c4c(=O)c5c([2H])c([2H])c([2H])c([2H])c5n2c43)c([2H])c1[2H].[2H]c1c([2H])c([2H])c2c(c1[2H])Oc1c(c([2H])c3c(=O)c4c([2H])c([2H])c([2H])c5c(=O)c6c([2H])c([2H])c([2H])c([2H])c6n(c3c1[2H])c54)B2c1c(C([2H])(C)C([2H])([2H])[2H])cc(C([2H])(C([2H])([2H])[2H])C([2H])([2H])[2H])cc1C([2H])(C)C([2H])([2H])[2H]. The zero-order valence-corrected chi connectivity index (χ0v) is 68.6. The summed E-state index contributed by atoms with van der Waals surface area (Å²) in [4.78, 5) is 90.0. The first-order valence-electron chi connectivity index (χ1n) is 80.0. The highest BCUT2D eigenvalue weighted by Gasteiger charge is 2.42. The predicted molar refractivity (Wildman–Crippen MR) is 564 cm³/mol. The second-order valence-electron chi connectivity index (χ2n) is 30.3. The van der Waals surface area contributed by atoms with Crippen LogP contribution in [-0.4, -0.2) is 26.6 Å². The average molecular weight is 1820 g/mol. The number of aromatic nitrogens is 3. The smallest absolute Gasteiger partial charge is 0.251 e. The lowest BCUT2D eigenvalue weighted by Gasteiger charge is -2.39. The maximum absolute atomic E-state index is 15.8.